The first-order chi connectivity index (χ1) is 19.8. The molecule has 0 bridgehead atoms. The van der Waals surface area contributed by atoms with Crippen LogP contribution in [0.25, 0.3) is 39.0 Å². The molecule has 7 rings (SSSR count). The minimum atomic E-state index is 0.947. The molecule has 190 valence electrons. The third-order valence-corrected chi connectivity index (χ3v) is 7.23. The monoisotopic (exact) mass is 513 g/mol. The summed E-state index contributed by atoms with van der Waals surface area (Å²) < 4.78 is 2.07. The minimum absolute atomic E-state index is 0.947. The zero-order chi connectivity index (χ0) is 26.7. The Hall–Kier alpha value is -5.41. The molecule has 3 heteroatoms. The SMILES string of the molecule is c1ccc(-c2cc(-c3cccc4ccccc34)n(-c3ccc(N(c4ccccc4)c4ccccc4)cc3)n2)cc1. The van der Waals surface area contributed by atoms with Crippen molar-refractivity contribution >= 4 is 27.8 Å². The quantitative estimate of drug-likeness (QED) is 0.221. The number of rotatable bonds is 6. The van der Waals surface area contributed by atoms with E-state index < -0.39 is 0 Å². The topological polar surface area (TPSA) is 21.1 Å². The number of anilines is 3. The van der Waals surface area contributed by atoms with E-state index in [1.807, 2.05) is 18.2 Å². The molecule has 1 heterocycles. The lowest BCUT2D eigenvalue weighted by atomic mass is 10.0. The van der Waals surface area contributed by atoms with Gasteiger partial charge in [0.1, 0.15) is 0 Å². The zero-order valence-electron chi connectivity index (χ0n) is 21.9. The van der Waals surface area contributed by atoms with Crippen LogP contribution in [-0.4, -0.2) is 9.78 Å². The molecule has 0 atom stereocenters. The van der Waals surface area contributed by atoms with Gasteiger partial charge in [-0.1, -0.05) is 109 Å². The summed E-state index contributed by atoms with van der Waals surface area (Å²) in [4.78, 5) is 2.27. The van der Waals surface area contributed by atoms with Crippen molar-refractivity contribution in [2.45, 2.75) is 0 Å². The van der Waals surface area contributed by atoms with Crippen molar-refractivity contribution in [2.24, 2.45) is 0 Å². The first-order valence-electron chi connectivity index (χ1n) is 13.5. The minimum Gasteiger partial charge on any atom is -0.311 e. The molecule has 6 aromatic carbocycles. The molecule has 1 aromatic heterocycles. The van der Waals surface area contributed by atoms with Crippen LogP contribution < -0.4 is 4.90 Å². The first kappa shape index (κ1) is 23.7. The lowest BCUT2D eigenvalue weighted by molar-refractivity contribution is 0.892. The molecule has 0 radical (unpaired) electrons. The molecule has 0 aliphatic heterocycles. The maximum absolute atomic E-state index is 5.13. The van der Waals surface area contributed by atoms with E-state index >= 15 is 0 Å². The lowest BCUT2D eigenvalue weighted by Crippen LogP contribution is -2.10. The fraction of sp³-hybridized carbons (Fsp3) is 0. The highest BCUT2D eigenvalue weighted by Gasteiger charge is 2.17. The van der Waals surface area contributed by atoms with Gasteiger partial charge >= 0.3 is 0 Å². The molecule has 0 spiro atoms. The van der Waals surface area contributed by atoms with Crippen molar-refractivity contribution in [3.05, 3.63) is 164 Å². The van der Waals surface area contributed by atoms with Crippen molar-refractivity contribution in [3.63, 3.8) is 0 Å². The van der Waals surface area contributed by atoms with Gasteiger partial charge in [-0.2, -0.15) is 5.10 Å². The number of benzene rings is 6. The Morgan fingerprint density at radius 3 is 1.70 bits per heavy atom. The zero-order valence-corrected chi connectivity index (χ0v) is 21.9. The molecule has 0 N–H and O–H groups in total. The van der Waals surface area contributed by atoms with Crippen molar-refractivity contribution < 1.29 is 0 Å². The van der Waals surface area contributed by atoms with Crippen LogP contribution in [0.1, 0.15) is 0 Å². The van der Waals surface area contributed by atoms with Crippen molar-refractivity contribution in [1.29, 1.82) is 0 Å². The number of aromatic nitrogens is 2. The second-order valence-electron chi connectivity index (χ2n) is 9.74. The van der Waals surface area contributed by atoms with E-state index in [4.69, 9.17) is 5.10 Å². The van der Waals surface area contributed by atoms with Gasteiger partial charge in [0, 0.05) is 28.2 Å². The van der Waals surface area contributed by atoms with Crippen LogP contribution in [0.2, 0.25) is 0 Å². The van der Waals surface area contributed by atoms with Gasteiger partial charge in [0.2, 0.25) is 0 Å². The van der Waals surface area contributed by atoms with Gasteiger partial charge < -0.3 is 4.90 Å². The molecule has 7 aromatic rings. The Balaban J connectivity index is 1.37. The second kappa shape index (κ2) is 10.4. The lowest BCUT2D eigenvalue weighted by Gasteiger charge is -2.25. The average Bonchev–Trinajstić information content (AvgIpc) is 3.48. The second-order valence-corrected chi connectivity index (χ2v) is 9.74. The van der Waals surface area contributed by atoms with Crippen LogP contribution in [0.5, 0.6) is 0 Å². The Kier molecular flexibility index (Phi) is 6.15. The Morgan fingerprint density at radius 2 is 1.02 bits per heavy atom. The van der Waals surface area contributed by atoms with Gasteiger partial charge in [-0.3, -0.25) is 0 Å². The summed E-state index contributed by atoms with van der Waals surface area (Å²) in [6.07, 6.45) is 0. The van der Waals surface area contributed by atoms with E-state index in [-0.39, 0.29) is 0 Å². The smallest absolute Gasteiger partial charge is 0.0934 e. The molecule has 40 heavy (non-hydrogen) atoms. The fourth-order valence-corrected chi connectivity index (χ4v) is 5.31. The summed E-state index contributed by atoms with van der Waals surface area (Å²) in [5, 5.41) is 7.55. The van der Waals surface area contributed by atoms with Crippen LogP contribution >= 0.6 is 0 Å². The molecule has 0 fully saturated rings. The number of para-hydroxylation sites is 2. The van der Waals surface area contributed by atoms with Crippen LogP contribution in [0.3, 0.4) is 0 Å². The molecule has 3 nitrogen and oxygen atoms in total. The standard InChI is InChI=1S/C37H27N3/c1-4-14-29(15-5-1)36-27-37(35-22-12-16-28-13-10-11-21-34(28)35)40(38-36)33-25-23-32(24-26-33)39(30-17-6-2-7-18-30)31-19-8-3-9-20-31/h1-27H. The number of fused-ring (bicyclic) bond motifs is 1. The Bertz CT molecular complexity index is 1830. The van der Waals surface area contributed by atoms with E-state index in [9.17, 15) is 0 Å². The first-order valence-corrected chi connectivity index (χ1v) is 13.5. The van der Waals surface area contributed by atoms with Crippen molar-refractivity contribution in [3.8, 4) is 28.2 Å². The predicted molar refractivity (Wildman–Crippen MR) is 167 cm³/mol. The summed E-state index contributed by atoms with van der Waals surface area (Å²) >= 11 is 0. The normalized spacial score (nSPS) is 11.0. The predicted octanol–water partition coefficient (Wildman–Crippen LogP) is 9.83. The molecular weight excluding hydrogens is 486 g/mol. The highest BCUT2D eigenvalue weighted by atomic mass is 15.3. The summed E-state index contributed by atoms with van der Waals surface area (Å²) in [7, 11) is 0. The summed E-state index contributed by atoms with van der Waals surface area (Å²) in [5.74, 6) is 0. The third kappa shape index (κ3) is 4.44. The molecule has 0 amide bonds. The van der Waals surface area contributed by atoms with Crippen LogP contribution in [0.15, 0.2) is 164 Å². The number of hydrogen-bond acceptors (Lipinski definition) is 2. The fourth-order valence-electron chi connectivity index (χ4n) is 5.31. The molecule has 0 aliphatic carbocycles. The molecule has 0 aliphatic rings. The Morgan fingerprint density at radius 1 is 0.475 bits per heavy atom. The van der Waals surface area contributed by atoms with Crippen molar-refractivity contribution in [2.75, 3.05) is 4.90 Å². The highest BCUT2D eigenvalue weighted by molar-refractivity contribution is 5.96. The highest BCUT2D eigenvalue weighted by Crippen LogP contribution is 2.36. The van der Waals surface area contributed by atoms with E-state index in [0.29, 0.717) is 0 Å². The summed E-state index contributed by atoms with van der Waals surface area (Å²) in [5.41, 5.74) is 8.59. The summed E-state index contributed by atoms with van der Waals surface area (Å²) in [6.45, 7) is 0. The van der Waals surface area contributed by atoms with Gasteiger partial charge in [0.15, 0.2) is 0 Å². The maximum Gasteiger partial charge on any atom is 0.0934 e. The molecule has 0 unspecified atom stereocenters. The molecular formula is C37H27N3. The van der Waals surface area contributed by atoms with E-state index in [1.54, 1.807) is 0 Å². The van der Waals surface area contributed by atoms with Crippen LogP contribution in [-0.2, 0) is 0 Å². The van der Waals surface area contributed by atoms with Gasteiger partial charge in [0.25, 0.3) is 0 Å². The van der Waals surface area contributed by atoms with Gasteiger partial charge in [0.05, 0.1) is 17.1 Å². The van der Waals surface area contributed by atoms with E-state index in [0.717, 1.165) is 45.3 Å². The van der Waals surface area contributed by atoms with Crippen LogP contribution in [0.4, 0.5) is 17.1 Å². The summed E-state index contributed by atoms with van der Waals surface area (Å²) in [6, 6.07) is 57.2. The Labute approximate surface area is 234 Å². The van der Waals surface area contributed by atoms with Crippen molar-refractivity contribution in [1.82, 2.24) is 9.78 Å². The van der Waals surface area contributed by atoms with Gasteiger partial charge in [-0.05, 0) is 65.4 Å². The van der Waals surface area contributed by atoms with E-state index in [2.05, 4.69) is 155 Å². The maximum atomic E-state index is 5.13. The van der Waals surface area contributed by atoms with Crippen LogP contribution in [0, 0.1) is 0 Å². The third-order valence-electron chi connectivity index (χ3n) is 7.23. The average molecular weight is 514 g/mol. The number of hydrogen-bond donors (Lipinski definition) is 0. The molecule has 0 saturated heterocycles. The number of nitrogens with zero attached hydrogens (tertiary/aromatic N) is 3. The van der Waals surface area contributed by atoms with E-state index in [1.165, 1.54) is 10.8 Å². The molecule has 0 saturated carbocycles. The van der Waals surface area contributed by atoms with Gasteiger partial charge in [-0.15, -0.1) is 0 Å². The largest absolute Gasteiger partial charge is 0.311 e. The van der Waals surface area contributed by atoms with Gasteiger partial charge in [-0.25, -0.2) is 4.68 Å².